The van der Waals surface area contributed by atoms with Gasteiger partial charge in [-0.15, -0.1) is 0 Å². The van der Waals surface area contributed by atoms with Crippen LogP contribution in [0.3, 0.4) is 0 Å². The van der Waals surface area contributed by atoms with Crippen molar-refractivity contribution in [2.45, 2.75) is 0 Å². The first-order chi connectivity index (χ1) is 7.41. The molecular formula is C10H12FN3O2. The predicted molar refractivity (Wildman–Crippen MR) is 58.9 cm³/mol. The molecule has 1 rings (SSSR count). The molecule has 0 aliphatic rings. The van der Waals surface area contributed by atoms with Crippen LogP contribution in [0, 0.1) is 0 Å². The van der Waals surface area contributed by atoms with Crippen molar-refractivity contribution in [3.05, 3.63) is 46.7 Å². The number of amidine groups is 1. The van der Waals surface area contributed by atoms with E-state index in [4.69, 9.17) is 5.11 Å². The number of aromatic nitrogens is 1. The molecule has 0 saturated carbocycles. The van der Waals surface area contributed by atoms with Gasteiger partial charge in [0.15, 0.2) is 5.84 Å². The zero-order chi connectivity index (χ0) is 12.3. The summed E-state index contributed by atoms with van der Waals surface area (Å²) in [6, 6.07) is 2.70. The van der Waals surface area contributed by atoms with Crippen molar-refractivity contribution >= 4 is 5.84 Å². The lowest BCUT2D eigenvalue weighted by Gasteiger charge is -2.11. The third kappa shape index (κ3) is 2.69. The fourth-order valence-electron chi connectivity index (χ4n) is 1.16. The van der Waals surface area contributed by atoms with Crippen LogP contribution in [-0.4, -0.2) is 27.7 Å². The number of aliphatic hydroxyl groups is 1. The van der Waals surface area contributed by atoms with Gasteiger partial charge in [0.1, 0.15) is 0 Å². The molecular weight excluding hydrogens is 213 g/mol. The van der Waals surface area contributed by atoms with Crippen LogP contribution in [0.15, 0.2) is 40.6 Å². The highest BCUT2D eigenvalue weighted by molar-refractivity contribution is 5.98. The van der Waals surface area contributed by atoms with Gasteiger partial charge in [-0.3, -0.25) is 4.79 Å². The van der Waals surface area contributed by atoms with Gasteiger partial charge in [-0.2, -0.15) is 10.1 Å². The maximum Gasteiger partial charge on any atom is 0.250 e. The highest BCUT2D eigenvalue weighted by Gasteiger charge is 2.10. The highest BCUT2D eigenvalue weighted by Crippen LogP contribution is 2.05. The number of hydrogen-bond acceptors (Lipinski definition) is 3. The van der Waals surface area contributed by atoms with Crippen molar-refractivity contribution in [1.29, 1.82) is 0 Å². The molecule has 5 nitrogen and oxygen atoms in total. The van der Waals surface area contributed by atoms with E-state index in [1.807, 2.05) is 0 Å². The lowest BCUT2D eigenvalue weighted by molar-refractivity contribution is 0.161. The number of pyridine rings is 1. The molecule has 6 heteroatoms. The summed E-state index contributed by atoms with van der Waals surface area (Å²) in [5.41, 5.74) is 0.148. The molecule has 1 aromatic rings. The molecule has 0 amide bonds. The molecule has 0 aliphatic heterocycles. The number of rotatable bonds is 2. The Morgan fingerprint density at radius 2 is 2.25 bits per heavy atom. The summed E-state index contributed by atoms with van der Waals surface area (Å²) in [7, 11) is 2.67. The van der Waals surface area contributed by atoms with E-state index in [2.05, 4.69) is 11.6 Å². The fourth-order valence-corrected chi connectivity index (χ4v) is 1.16. The Balaban J connectivity index is 3.27. The average Bonchev–Trinajstić information content (AvgIpc) is 2.18. The van der Waals surface area contributed by atoms with Crippen molar-refractivity contribution in [2.75, 3.05) is 7.05 Å². The third-order valence-electron chi connectivity index (χ3n) is 1.87. The van der Waals surface area contributed by atoms with Crippen molar-refractivity contribution in [2.24, 2.45) is 12.0 Å². The van der Waals surface area contributed by atoms with Crippen molar-refractivity contribution in [3.63, 3.8) is 0 Å². The van der Waals surface area contributed by atoms with Gasteiger partial charge in [0.25, 0.3) is 0 Å². The van der Waals surface area contributed by atoms with E-state index in [0.717, 1.165) is 7.05 Å². The van der Waals surface area contributed by atoms with Gasteiger partial charge in [0, 0.05) is 31.9 Å². The zero-order valence-corrected chi connectivity index (χ0v) is 9.01. The molecule has 1 aromatic heterocycles. The first-order valence-electron chi connectivity index (χ1n) is 4.45. The molecule has 0 aromatic carbocycles. The highest BCUT2D eigenvalue weighted by atomic mass is 19.2. The van der Waals surface area contributed by atoms with Gasteiger partial charge >= 0.3 is 0 Å². The van der Waals surface area contributed by atoms with Gasteiger partial charge in [-0.25, -0.2) is 0 Å². The smallest absolute Gasteiger partial charge is 0.250 e. The normalized spacial score (nSPS) is 11.3. The molecule has 0 fully saturated rings. The zero-order valence-electron chi connectivity index (χ0n) is 9.01. The van der Waals surface area contributed by atoms with Crippen molar-refractivity contribution in [1.82, 2.24) is 9.69 Å². The standard InChI is InChI=1S/C10H12FN3O2/c1-7(15)12-10(14(3)11)8-4-5-9(16)13(2)6-8/h4-6,15H,1H2,2-3H3. The second-order valence-corrected chi connectivity index (χ2v) is 3.20. The van der Waals surface area contributed by atoms with Crippen molar-refractivity contribution in [3.8, 4) is 0 Å². The Hall–Kier alpha value is -2.11. The van der Waals surface area contributed by atoms with Crippen LogP contribution in [0.25, 0.3) is 0 Å². The Kier molecular flexibility index (Phi) is 3.44. The van der Waals surface area contributed by atoms with E-state index >= 15 is 0 Å². The Labute approximate surface area is 91.7 Å². The van der Waals surface area contributed by atoms with E-state index < -0.39 is 5.88 Å². The fraction of sp³-hybridized carbons (Fsp3) is 0.200. The summed E-state index contributed by atoms with van der Waals surface area (Å²) in [4.78, 5) is 14.7. The first kappa shape index (κ1) is 12.0. The molecule has 0 atom stereocenters. The van der Waals surface area contributed by atoms with Crippen LogP contribution in [0.2, 0.25) is 0 Å². The minimum Gasteiger partial charge on any atom is -0.494 e. The molecule has 0 aliphatic carbocycles. The Morgan fingerprint density at radius 3 is 2.69 bits per heavy atom. The summed E-state index contributed by atoms with van der Waals surface area (Å²) < 4.78 is 14.4. The topological polar surface area (TPSA) is 57.8 Å². The van der Waals surface area contributed by atoms with Gasteiger partial charge < -0.3 is 9.67 Å². The maximum absolute atomic E-state index is 13.1. The second-order valence-electron chi connectivity index (χ2n) is 3.20. The van der Waals surface area contributed by atoms with Crippen LogP contribution in [0.5, 0.6) is 0 Å². The van der Waals surface area contributed by atoms with Gasteiger partial charge in [-0.1, -0.05) is 4.48 Å². The molecule has 0 bridgehead atoms. The number of nitrogens with zero attached hydrogens (tertiary/aromatic N) is 3. The predicted octanol–water partition coefficient (Wildman–Crippen LogP) is 0.977. The molecule has 1 N–H and O–H groups in total. The van der Waals surface area contributed by atoms with Crippen LogP contribution in [0.1, 0.15) is 5.56 Å². The number of aliphatic imine (C=N–C) groups is 1. The molecule has 1 heterocycles. The van der Waals surface area contributed by atoms with Crippen molar-refractivity contribution < 1.29 is 9.59 Å². The molecule has 16 heavy (non-hydrogen) atoms. The monoisotopic (exact) mass is 225 g/mol. The lowest BCUT2D eigenvalue weighted by atomic mass is 10.2. The number of aryl methyl sites for hydroxylation is 1. The van der Waals surface area contributed by atoms with Crippen LogP contribution in [-0.2, 0) is 7.05 Å². The van der Waals surface area contributed by atoms with Crippen LogP contribution in [0.4, 0.5) is 4.48 Å². The summed E-state index contributed by atoms with van der Waals surface area (Å²) in [5, 5.41) is 9.15. The minimum absolute atomic E-state index is 0.122. The summed E-state index contributed by atoms with van der Waals surface area (Å²) >= 11 is 0. The van der Waals surface area contributed by atoms with Crippen LogP contribution >= 0.6 is 0 Å². The lowest BCUT2D eigenvalue weighted by Crippen LogP contribution is -2.23. The molecule has 0 saturated heterocycles. The minimum atomic E-state index is -0.506. The number of halogens is 1. The van der Waals surface area contributed by atoms with E-state index in [-0.39, 0.29) is 16.5 Å². The van der Waals surface area contributed by atoms with E-state index in [1.54, 1.807) is 0 Å². The van der Waals surface area contributed by atoms with Gasteiger partial charge in [-0.05, 0) is 12.6 Å². The van der Waals surface area contributed by atoms with E-state index in [9.17, 15) is 9.28 Å². The van der Waals surface area contributed by atoms with Gasteiger partial charge in [0.2, 0.25) is 11.4 Å². The molecule has 0 spiro atoms. The quantitative estimate of drug-likeness (QED) is 0.353. The largest absolute Gasteiger partial charge is 0.494 e. The van der Waals surface area contributed by atoms with E-state index in [1.165, 1.54) is 29.9 Å². The SMILES string of the molecule is C=C(O)N=C(c1ccc(=O)n(C)c1)N(C)F. The Bertz CT molecular complexity index is 491. The van der Waals surface area contributed by atoms with E-state index in [0.29, 0.717) is 5.56 Å². The summed E-state index contributed by atoms with van der Waals surface area (Å²) in [6.45, 7) is 3.15. The van der Waals surface area contributed by atoms with Gasteiger partial charge in [0.05, 0.1) is 0 Å². The summed E-state index contributed by atoms with van der Waals surface area (Å²) in [5.74, 6) is -0.628. The average molecular weight is 225 g/mol. The number of hydrogen-bond donors (Lipinski definition) is 1. The molecule has 0 unspecified atom stereocenters. The third-order valence-corrected chi connectivity index (χ3v) is 1.87. The maximum atomic E-state index is 13.1. The van der Waals surface area contributed by atoms with Crippen LogP contribution < -0.4 is 5.56 Å². The Morgan fingerprint density at radius 1 is 1.62 bits per heavy atom. The number of aliphatic hydroxyl groups excluding tert-OH is 1. The summed E-state index contributed by atoms with van der Waals surface area (Å²) in [6.07, 6.45) is 1.42. The second kappa shape index (κ2) is 4.61. The first-order valence-corrected chi connectivity index (χ1v) is 4.45. The molecule has 86 valence electrons. The molecule has 0 radical (unpaired) electrons.